The first kappa shape index (κ1) is 13.1. The van der Waals surface area contributed by atoms with Crippen molar-refractivity contribution >= 4 is 0 Å². The summed E-state index contributed by atoms with van der Waals surface area (Å²) in [6.07, 6.45) is 1.40. The highest BCUT2D eigenvalue weighted by Crippen LogP contribution is 2.36. The number of aryl methyl sites for hydroxylation is 2. The lowest BCUT2D eigenvalue weighted by molar-refractivity contribution is 0.350. The predicted octanol–water partition coefficient (Wildman–Crippen LogP) is 2.60. The van der Waals surface area contributed by atoms with E-state index in [9.17, 15) is 15.3 Å². The number of phenols is 3. The van der Waals surface area contributed by atoms with Gasteiger partial charge in [-0.15, -0.1) is 0 Å². The number of benzene rings is 2. The number of aromatic hydroxyl groups is 3. The van der Waals surface area contributed by atoms with Crippen LogP contribution in [0.3, 0.4) is 0 Å². The zero-order chi connectivity index (χ0) is 13.8. The van der Waals surface area contributed by atoms with Gasteiger partial charge in [-0.1, -0.05) is 12.1 Å². The molecule has 100 valence electrons. The van der Waals surface area contributed by atoms with Gasteiger partial charge in [0.15, 0.2) is 11.5 Å². The van der Waals surface area contributed by atoms with Crippen molar-refractivity contribution in [3.05, 3.63) is 47.5 Å². The first-order chi connectivity index (χ1) is 9.10. The van der Waals surface area contributed by atoms with Crippen molar-refractivity contribution in [3.63, 3.8) is 0 Å². The van der Waals surface area contributed by atoms with Crippen LogP contribution >= 0.6 is 0 Å². The van der Waals surface area contributed by atoms with Crippen molar-refractivity contribution in [2.24, 2.45) is 0 Å². The van der Waals surface area contributed by atoms with E-state index >= 15 is 0 Å². The van der Waals surface area contributed by atoms with Crippen molar-refractivity contribution in [2.75, 3.05) is 7.11 Å². The van der Waals surface area contributed by atoms with E-state index in [0.29, 0.717) is 6.42 Å². The summed E-state index contributed by atoms with van der Waals surface area (Å²) in [4.78, 5) is 0. The first-order valence-electron chi connectivity index (χ1n) is 5.97. The smallest absolute Gasteiger partial charge is 0.200 e. The largest absolute Gasteiger partial charge is 0.508 e. The van der Waals surface area contributed by atoms with Gasteiger partial charge in [-0.05, 0) is 48.2 Å². The molecule has 2 aromatic carbocycles. The molecule has 0 bridgehead atoms. The van der Waals surface area contributed by atoms with Crippen molar-refractivity contribution < 1.29 is 20.1 Å². The molecular formula is C15H16O4. The van der Waals surface area contributed by atoms with Crippen LogP contribution in [0, 0.1) is 0 Å². The SMILES string of the molecule is COc1cc(CCc2cccc(O)c2)cc(O)c1O. The van der Waals surface area contributed by atoms with Crippen molar-refractivity contribution in [1.82, 2.24) is 0 Å². The Hall–Kier alpha value is -2.36. The zero-order valence-corrected chi connectivity index (χ0v) is 10.6. The molecule has 3 N–H and O–H groups in total. The van der Waals surface area contributed by atoms with Crippen LogP contribution in [-0.2, 0) is 12.8 Å². The average Bonchev–Trinajstić information content (AvgIpc) is 2.40. The quantitative estimate of drug-likeness (QED) is 0.739. The third-order valence-electron chi connectivity index (χ3n) is 2.95. The Morgan fingerprint density at radius 2 is 1.68 bits per heavy atom. The van der Waals surface area contributed by atoms with E-state index in [1.807, 2.05) is 6.07 Å². The normalized spacial score (nSPS) is 10.4. The van der Waals surface area contributed by atoms with Gasteiger partial charge in [0.2, 0.25) is 5.75 Å². The minimum Gasteiger partial charge on any atom is -0.508 e. The summed E-state index contributed by atoms with van der Waals surface area (Å²) in [7, 11) is 1.44. The molecule has 0 aliphatic carbocycles. The van der Waals surface area contributed by atoms with E-state index in [4.69, 9.17) is 4.74 Å². The summed E-state index contributed by atoms with van der Waals surface area (Å²) < 4.78 is 4.99. The molecule has 0 spiro atoms. The molecule has 2 rings (SSSR count). The van der Waals surface area contributed by atoms with Crippen molar-refractivity contribution in [2.45, 2.75) is 12.8 Å². The molecule has 0 aliphatic heterocycles. The van der Waals surface area contributed by atoms with E-state index < -0.39 is 0 Å². The highest BCUT2D eigenvalue weighted by Gasteiger charge is 2.09. The Morgan fingerprint density at radius 3 is 2.37 bits per heavy atom. The van der Waals surface area contributed by atoms with Gasteiger partial charge >= 0.3 is 0 Å². The summed E-state index contributed by atoms with van der Waals surface area (Å²) >= 11 is 0. The van der Waals surface area contributed by atoms with Gasteiger partial charge in [0.25, 0.3) is 0 Å². The van der Waals surface area contributed by atoms with Crippen LogP contribution in [0.5, 0.6) is 23.0 Å². The highest BCUT2D eigenvalue weighted by molar-refractivity contribution is 5.52. The van der Waals surface area contributed by atoms with Gasteiger partial charge in [0.1, 0.15) is 5.75 Å². The van der Waals surface area contributed by atoms with Crippen LogP contribution in [0.4, 0.5) is 0 Å². The fourth-order valence-corrected chi connectivity index (χ4v) is 1.95. The Balaban J connectivity index is 2.13. The maximum atomic E-state index is 9.58. The number of hydrogen-bond acceptors (Lipinski definition) is 4. The molecule has 0 saturated carbocycles. The number of phenolic OH excluding ortho intramolecular Hbond substituents is 3. The average molecular weight is 260 g/mol. The summed E-state index contributed by atoms with van der Waals surface area (Å²) in [5.74, 6) is 0.0587. The summed E-state index contributed by atoms with van der Waals surface area (Å²) in [6.45, 7) is 0. The number of ether oxygens (including phenoxy) is 1. The molecule has 0 amide bonds. The molecule has 0 radical (unpaired) electrons. The van der Waals surface area contributed by atoms with Gasteiger partial charge in [-0.2, -0.15) is 0 Å². The summed E-state index contributed by atoms with van der Waals surface area (Å²) in [6, 6.07) is 10.3. The van der Waals surface area contributed by atoms with Crippen LogP contribution in [0.2, 0.25) is 0 Å². The first-order valence-corrected chi connectivity index (χ1v) is 5.97. The van der Waals surface area contributed by atoms with Gasteiger partial charge < -0.3 is 20.1 Å². The maximum Gasteiger partial charge on any atom is 0.200 e. The highest BCUT2D eigenvalue weighted by atomic mass is 16.5. The Bertz CT molecular complexity index is 578. The lowest BCUT2D eigenvalue weighted by Gasteiger charge is -2.09. The second-order valence-corrected chi connectivity index (χ2v) is 4.34. The van der Waals surface area contributed by atoms with E-state index in [1.165, 1.54) is 13.2 Å². The lowest BCUT2D eigenvalue weighted by atomic mass is 10.0. The molecule has 0 fully saturated rings. The molecule has 0 aromatic heterocycles. The molecule has 2 aromatic rings. The van der Waals surface area contributed by atoms with E-state index in [0.717, 1.165) is 17.5 Å². The van der Waals surface area contributed by atoms with Crippen LogP contribution in [0.1, 0.15) is 11.1 Å². The summed E-state index contributed by atoms with van der Waals surface area (Å²) in [5, 5.41) is 28.5. The molecule has 19 heavy (non-hydrogen) atoms. The third kappa shape index (κ3) is 3.10. The number of methoxy groups -OCH3 is 1. The standard InChI is InChI=1S/C15H16O4/c1-19-14-9-11(8-13(17)15(14)18)6-5-10-3-2-4-12(16)7-10/h2-4,7-9,16-18H,5-6H2,1H3. The van der Waals surface area contributed by atoms with Gasteiger partial charge in [-0.25, -0.2) is 0 Å². The Morgan fingerprint density at radius 1 is 0.947 bits per heavy atom. The molecule has 0 aliphatic rings. The van der Waals surface area contributed by atoms with Crippen LogP contribution in [-0.4, -0.2) is 22.4 Å². The van der Waals surface area contributed by atoms with E-state index in [-0.39, 0.29) is 23.0 Å². The molecule has 0 unspecified atom stereocenters. The van der Waals surface area contributed by atoms with Crippen molar-refractivity contribution in [1.29, 1.82) is 0 Å². The topological polar surface area (TPSA) is 69.9 Å². The summed E-state index contributed by atoms with van der Waals surface area (Å²) in [5.41, 5.74) is 1.86. The third-order valence-corrected chi connectivity index (χ3v) is 2.95. The minimum absolute atomic E-state index is 0.190. The molecule has 0 saturated heterocycles. The molecule has 4 heteroatoms. The monoisotopic (exact) mass is 260 g/mol. The van der Waals surface area contributed by atoms with Crippen LogP contribution < -0.4 is 4.74 Å². The van der Waals surface area contributed by atoms with Gasteiger partial charge in [0, 0.05) is 0 Å². The Kier molecular flexibility index (Phi) is 3.80. The fourth-order valence-electron chi connectivity index (χ4n) is 1.95. The number of rotatable bonds is 4. The van der Waals surface area contributed by atoms with E-state index in [2.05, 4.69) is 0 Å². The van der Waals surface area contributed by atoms with Gasteiger partial charge in [-0.3, -0.25) is 0 Å². The lowest BCUT2D eigenvalue weighted by Crippen LogP contribution is -1.93. The van der Waals surface area contributed by atoms with Crippen molar-refractivity contribution in [3.8, 4) is 23.0 Å². The van der Waals surface area contributed by atoms with Crippen LogP contribution in [0.25, 0.3) is 0 Å². The van der Waals surface area contributed by atoms with Gasteiger partial charge in [0.05, 0.1) is 7.11 Å². The molecule has 0 atom stereocenters. The molecule has 4 nitrogen and oxygen atoms in total. The minimum atomic E-state index is -0.247. The second-order valence-electron chi connectivity index (χ2n) is 4.34. The Labute approximate surface area is 111 Å². The van der Waals surface area contributed by atoms with E-state index in [1.54, 1.807) is 24.3 Å². The van der Waals surface area contributed by atoms with Crippen LogP contribution in [0.15, 0.2) is 36.4 Å². The predicted molar refractivity (Wildman–Crippen MR) is 71.8 cm³/mol. The maximum absolute atomic E-state index is 9.58. The molecule has 0 heterocycles. The fraction of sp³-hybridized carbons (Fsp3) is 0.200. The second kappa shape index (κ2) is 5.52. The molecular weight excluding hydrogens is 244 g/mol. The zero-order valence-electron chi connectivity index (χ0n) is 10.6. The number of hydrogen-bond donors (Lipinski definition) is 3.